The van der Waals surface area contributed by atoms with Crippen LogP contribution in [0.2, 0.25) is 0 Å². The van der Waals surface area contributed by atoms with Gasteiger partial charge in [-0.1, -0.05) is 6.07 Å². The molecule has 0 saturated heterocycles. The largest absolute Gasteiger partial charge is 0.384 e. The van der Waals surface area contributed by atoms with Gasteiger partial charge >= 0.3 is 0 Å². The zero-order valence-corrected chi connectivity index (χ0v) is 9.81. The predicted molar refractivity (Wildman–Crippen MR) is 61.6 cm³/mol. The smallest absolute Gasteiger partial charge is 0.129 e. The van der Waals surface area contributed by atoms with E-state index in [-0.39, 0.29) is 11.9 Å². The van der Waals surface area contributed by atoms with Crippen molar-refractivity contribution in [2.75, 3.05) is 19.5 Å². The zero-order valence-electron chi connectivity index (χ0n) is 9.00. The maximum atomic E-state index is 13.5. The molecule has 0 radical (unpaired) electrons. The van der Waals surface area contributed by atoms with Crippen LogP contribution in [0.1, 0.15) is 18.5 Å². The third-order valence-corrected chi connectivity index (χ3v) is 3.05. The molecule has 0 aliphatic heterocycles. The fraction of sp³-hybridized carbons (Fsp3) is 0.455. The van der Waals surface area contributed by atoms with E-state index in [4.69, 9.17) is 10.5 Å². The predicted octanol–water partition coefficient (Wildman–Crippen LogP) is 2.58. The van der Waals surface area contributed by atoms with E-state index in [0.717, 1.165) is 10.6 Å². The highest BCUT2D eigenvalue weighted by Crippen LogP contribution is 2.28. The molecule has 1 atom stereocenters. The SMILES string of the molecule is COCCSc1cccc(F)c1C(C)N. The van der Waals surface area contributed by atoms with Crippen molar-refractivity contribution in [3.8, 4) is 0 Å². The van der Waals surface area contributed by atoms with Crippen molar-refractivity contribution < 1.29 is 9.13 Å². The van der Waals surface area contributed by atoms with Gasteiger partial charge in [-0.3, -0.25) is 0 Å². The molecule has 0 aliphatic carbocycles. The number of hydrogen-bond acceptors (Lipinski definition) is 3. The normalized spacial score (nSPS) is 12.8. The molecule has 2 N–H and O–H groups in total. The molecule has 15 heavy (non-hydrogen) atoms. The summed E-state index contributed by atoms with van der Waals surface area (Å²) in [6, 6.07) is 4.76. The van der Waals surface area contributed by atoms with E-state index >= 15 is 0 Å². The van der Waals surface area contributed by atoms with Crippen LogP contribution in [0.15, 0.2) is 23.1 Å². The van der Waals surface area contributed by atoms with Gasteiger partial charge in [0.2, 0.25) is 0 Å². The number of nitrogens with two attached hydrogens (primary N) is 1. The van der Waals surface area contributed by atoms with Gasteiger partial charge in [-0.05, 0) is 19.1 Å². The van der Waals surface area contributed by atoms with E-state index < -0.39 is 0 Å². The van der Waals surface area contributed by atoms with Gasteiger partial charge in [0, 0.05) is 29.4 Å². The molecule has 4 heteroatoms. The van der Waals surface area contributed by atoms with Gasteiger partial charge in [0.15, 0.2) is 0 Å². The lowest BCUT2D eigenvalue weighted by Crippen LogP contribution is -2.09. The fourth-order valence-corrected chi connectivity index (χ4v) is 2.40. The van der Waals surface area contributed by atoms with Crippen LogP contribution in [0.4, 0.5) is 4.39 Å². The van der Waals surface area contributed by atoms with Crippen LogP contribution in [0.5, 0.6) is 0 Å². The number of ether oxygens (including phenoxy) is 1. The first-order valence-corrected chi connectivity index (χ1v) is 5.81. The average Bonchev–Trinajstić information content (AvgIpc) is 2.17. The molecule has 2 nitrogen and oxygen atoms in total. The second-order valence-corrected chi connectivity index (χ2v) is 4.42. The number of thioether (sulfide) groups is 1. The Balaban J connectivity index is 2.81. The van der Waals surface area contributed by atoms with Crippen molar-refractivity contribution in [1.82, 2.24) is 0 Å². The van der Waals surface area contributed by atoms with E-state index in [1.807, 2.05) is 6.07 Å². The van der Waals surface area contributed by atoms with Crippen LogP contribution in [0.3, 0.4) is 0 Å². The Morgan fingerprint density at radius 2 is 2.27 bits per heavy atom. The number of halogens is 1. The van der Waals surface area contributed by atoms with Crippen LogP contribution in [-0.4, -0.2) is 19.5 Å². The summed E-state index contributed by atoms with van der Waals surface area (Å²) in [5, 5.41) is 0. The van der Waals surface area contributed by atoms with Crippen molar-refractivity contribution >= 4 is 11.8 Å². The summed E-state index contributed by atoms with van der Waals surface area (Å²) in [5.41, 5.74) is 6.33. The topological polar surface area (TPSA) is 35.2 Å². The molecule has 0 aliphatic rings. The van der Waals surface area contributed by atoms with Crippen LogP contribution >= 0.6 is 11.8 Å². The molecule has 1 aromatic carbocycles. The van der Waals surface area contributed by atoms with Crippen LogP contribution in [0.25, 0.3) is 0 Å². The fourth-order valence-electron chi connectivity index (χ4n) is 1.32. The Morgan fingerprint density at radius 1 is 1.53 bits per heavy atom. The molecule has 1 unspecified atom stereocenters. The summed E-state index contributed by atoms with van der Waals surface area (Å²) >= 11 is 1.57. The minimum absolute atomic E-state index is 0.229. The second kappa shape index (κ2) is 6.10. The molecule has 0 bridgehead atoms. The summed E-state index contributed by atoms with van der Waals surface area (Å²) in [6.45, 7) is 2.44. The molecule has 0 heterocycles. The highest BCUT2D eigenvalue weighted by molar-refractivity contribution is 7.99. The lowest BCUT2D eigenvalue weighted by molar-refractivity contribution is 0.218. The van der Waals surface area contributed by atoms with Crippen LogP contribution < -0.4 is 5.73 Å². The Labute approximate surface area is 94.0 Å². The summed E-state index contributed by atoms with van der Waals surface area (Å²) in [6.07, 6.45) is 0. The van der Waals surface area contributed by atoms with Crippen LogP contribution in [-0.2, 0) is 4.74 Å². The van der Waals surface area contributed by atoms with Crippen LogP contribution in [0, 0.1) is 5.82 Å². The molecule has 0 spiro atoms. The second-order valence-electron chi connectivity index (χ2n) is 3.28. The quantitative estimate of drug-likeness (QED) is 0.622. The monoisotopic (exact) mass is 229 g/mol. The number of hydrogen-bond donors (Lipinski definition) is 1. The van der Waals surface area contributed by atoms with Crippen molar-refractivity contribution in [2.24, 2.45) is 5.73 Å². The van der Waals surface area contributed by atoms with Crippen molar-refractivity contribution in [3.63, 3.8) is 0 Å². The zero-order chi connectivity index (χ0) is 11.3. The summed E-state index contributed by atoms with van der Waals surface area (Å²) < 4.78 is 18.4. The van der Waals surface area contributed by atoms with Gasteiger partial charge in [0.05, 0.1) is 6.61 Å². The third kappa shape index (κ3) is 3.48. The summed E-state index contributed by atoms with van der Waals surface area (Å²) in [7, 11) is 1.65. The third-order valence-electron chi connectivity index (χ3n) is 2.01. The van der Waals surface area contributed by atoms with Gasteiger partial charge in [0.1, 0.15) is 5.82 Å². The minimum atomic E-state index is -0.281. The van der Waals surface area contributed by atoms with E-state index in [9.17, 15) is 4.39 Å². The Bertz CT molecular complexity index is 317. The minimum Gasteiger partial charge on any atom is -0.384 e. The van der Waals surface area contributed by atoms with Gasteiger partial charge in [-0.2, -0.15) is 0 Å². The van der Waals surface area contributed by atoms with E-state index in [2.05, 4.69) is 0 Å². The van der Waals surface area contributed by atoms with Gasteiger partial charge < -0.3 is 10.5 Å². The maximum Gasteiger partial charge on any atom is 0.129 e. The molecular weight excluding hydrogens is 213 g/mol. The molecule has 0 aromatic heterocycles. The Hall–Kier alpha value is -0.580. The molecule has 0 amide bonds. The van der Waals surface area contributed by atoms with Gasteiger partial charge in [-0.25, -0.2) is 4.39 Å². The van der Waals surface area contributed by atoms with E-state index in [0.29, 0.717) is 12.2 Å². The Kier molecular flexibility index (Phi) is 5.08. The number of benzene rings is 1. The number of rotatable bonds is 5. The van der Waals surface area contributed by atoms with Crippen molar-refractivity contribution in [2.45, 2.75) is 17.9 Å². The first-order valence-electron chi connectivity index (χ1n) is 4.82. The molecule has 0 saturated carbocycles. The maximum absolute atomic E-state index is 13.5. The molecule has 1 rings (SSSR count). The summed E-state index contributed by atoms with van der Waals surface area (Å²) in [4.78, 5) is 0.905. The molecule has 84 valence electrons. The van der Waals surface area contributed by atoms with E-state index in [1.165, 1.54) is 6.07 Å². The summed E-state index contributed by atoms with van der Waals surface area (Å²) in [5.74, 6) is 0.576. The molecule has 1 aromatic rings. The number of methoxy groups -OCH3 is 1. The highest BCUT2D eigenvalue weighted by Gasteiger charge is 2.12. The molecular formula is C11H16FNOS. The van der Waals surface area contributed by atoms with Crippen molar-refractivity contribution in [3.05, 3.63) is 29.6 Å². The van der Waals surface area contributed by atoms with Gasteiger partial charge in [0.25, 0.3) is 0 Å². The lowest BCUT2D eigenvalue weighted by atomic mass is 10.1. The average molecular weight is 229 g/mol. The first-order chi connectivity index (χ1) is 7.16. The first kappa shape index (κ1) is 12.5. The highest BCUT2D eigenvalue weighted by atomic mass is 32.2. The van der Waals surface area contributed by atoms with Gasteiger partial charge in [-0.15, -0.1) is 11.8 Å². The van der Waals surface area contributed by atoms with Crippen molar-refractivity contribution in [1.29, 1.82) is 0 Å². The molecule has 0 fully saturated rings. The van der Waals surface area contributed by atoms with E-state index in [1.54, 1.807) is 31.9 Å². The lowest BCUT2D eigenvalue weighted by Gasteiger charge is -2.12. The standard InChI is InChI=1S/C11H16FNOS/c1-8(13)11-9(12)4-3-5-10(11)15-7-6-14-2/h3-5,8H,6-7,13H2,1-2H3. The Morgan fingerprint density at radius 3 is 2.87 bits per heavy atom.